The Morgan fingerprint density at radius 2 is 1.50 bits per heavy atom. The minimum atomic E-state index is -1.94. The van der Waals surface area contributed by atoms with E-state index in [0.29, 0.717) is 38.0 Å². The molecule has 22 heavy (non-hydrogen) atoms. The Morgan fingerprint density at radius 3 is 2.00 bits per heavy atom. The van der Waals surface area contributed by atoms with Crippen LogP contribution in [0, 0.1) is 0 Å². The second kappa shape index (κ2) is 12.4. The van der Waals surface area contributed by atoms with E-state index in [1.54, 1.807) is 0 Å². The lowest BCUT2D eigenvalue weighted by Crippen LogP contribution is -2.44. The van der Waals surface area contributed by atoms with Crippen molar-refractivity contribution in [3.05, 3.63) is 0 Å². The van der Waals surface area contributed by atoms with Gasteiger partial charge in [0.05, 0.1) is 0 Å². The van der Waals surface area contributed by atoms with E-state index in [2.05, 4.69) is 20.4 Å². The Hall–Kier alpha value is -0.0231. The molecule has 0 saturated heterocycles. The average Bonchev–Trinajstić information content (AvgIpc) is 2.48. The summed E-state index contributed by atoms with van der Waals surface area (Å²) in [6.07, 6.45) is 2.51. The quantitative estimate of drug-likeness (QED) is 0.282. The van der Waals surface area contributed by atoms with Gasteiger partial charge in [-0.3, -0.25) is 0 Å². The molecule has 0 aromatic rings. The number of aliphatic hydroxyl groups is 1. The summed E-state index contributed by atoms with van der Waals surface area (Å²) < 4.78 is 12.1. The van der Waals surface area contributed by atoms with Gasteiger partial charge in [-0.2, -0.15) is 0 Å². The Balaban J connectivity index is 4.69. The summed E-state index contributed by atoms with van der Waals surface area (Å²) in [7, 11) is -1.94. The van der Waals surface area contributed by atoms with Crippen molar-refractivity contribution in [1.82, 2.24) is 0 Å². The fourth-order valence-corrected chi connectivity index (χ4v) is 4.86. The van der Waals surface area contributed by atoms with E-state index in [-0.39, 0.29) is 0 Å². The molecule has 3 unspecified atom stereocenters. The van der Waals surface area contributed by atoms with E-state index in [1.165, 1.54) is 0 Å². The Labute approximate surface area is 136 Å². The van der Waals surface area contributed by atoms with Gasteiger partial charge in [0.15, 0.2) is 20.9 Å². The average molecular weight is 336 g/mol. The van der Waals surface area contributed by atoms with Crippen LogP contribution in [0.1, 0.15) is 46.0 Å². The fraction of sp³-hybridized carbons (Fsp3) is 1.00. The van der Waals surface area contributed by atoms with Crippen LogP contribution in [0.25, 0.3) is 0 Å². The molecule has 0 radical (unpaired) electrons. The summed E-state index contributed by atoms with van der Waals surface area (Å²) in [6.45, 7) is 8.40. The van der Waals surface area contributed by atoms with Crippen molar-refractivity contribution in [2.75, 3.05) is 19.6 Å². The lowest BCUT2D eigenvalue weighted by Gasteiger charge is -2.36. The zero-order valence-corrected chi connectivity index (χ0v) is 15.6. The van der Waals surface area contributed by atoms with E-state index in [1.807, 2.05) is 0 Å². The highest BCUT2D eigenvalue weighted by atomic mass is 28.4. The van der Waals surface area contributed by atoms with Crippen LogP contribution in [0.4, 0.5) is 0 Å². The van der Waals surface area contributed by atoms with E-state index in [0.717, 1.165) is 25.3 Å². The molecular formula is C15H37N3O3Si. The third kappa shape index (κ3) is 9.19. The first kappa shape index (κ1) is 22.0. The van der Waals surface area contributed by atoms with Crippen LogP contribution in [0.2, 0.25) is 18.1 Å². The van der Waals surface area contributed by atoms with Crippen molar-refractivity contribution in [3.63, 3.8) is 0 Å². The summed E-state index contributed by atoms with van der Waals surface area (Å²) in [6, 6.07) is 1.00. The number of nitrogens with two attached hydrogens (primary N) is 3. The molecule has 0 aliphatic heterocycles. The molecule has 0 rings (SSSR count). The topological polar surface area (TPSA) is 117 Å². The van der Waals surface area contributed by atoms with Crippen molar-refractivity contribution >= 4 is 8.32 Å². The highest BCUT2D eigenvalue weighted by Crippen LogP contribution is 2.30. The molecule has 0 bridgehead atoms. The Morgan fingerprint density at radius 1 is 0.955 bits per heavy atom. The van der Waals surface area contributed by atoms with Crippen LogP contribution in [-0.4, -0.2) is 45.6 Å². The predicted molar refractivity (Wildman–Crippen MR) is 93.7 cm³/mol. The minimum Gasteiger partial charge on any atom is -0.392 e. The van der Waals surface area contributed by atoms with Crippen LogP contribution in [-0.2, 0) is 9.16 Å². The first-order chi connectivity index (χ1) is 10.4. The molecule has 3 atom stereocenters. The molecule has 7 N–H and O–H groups in total. The summed E-state index contributed by atoms with van der Waals surface area (Å²) in [5, 5.41) is 9.97. The van der Waals surface area contributed by atoms with Gasteiger partial charge in [-0.25, -0.2) is 0 Å². The van der Waals surface area contributed by atoms with E-state index >= 15 is 0 Å². The zero-order chi connectivity index (χ0) is 17.0. The first-order valence-corrected chi connectivity index (χ1v) is 11.2. The second-order valence-corrected chi connectivity index (χ2v) is 10.9. The van der Waals surface area contributed by atoms with Crippen molar-refractivity contribution in [2.45, 2.75) is 76.7 Å². The Bertz CT molecular complexity index is 272. The normalized spacial score (nSPS) is 17.5. The lowest BCUT2D eigenvalue weighted by atomic mass is 10.3. The molecule has 0 aliphatic carbocycles. The molecule has 0 aliphatic rings. The molecule has 0 heterocycles. The molecule has 0 fully saturated rings. The number of hydrogen-bond donors (Lipinski definition) is 4. The van der Waals surface area contributed by atoms with Gasteiger partial charge in [0, 0.05) is 0 Å². The predicted octanol–water partition coefficient (Wildman–Crippen LogP) is 1.48. The van der Waals surface area contributed by atoms with Gasteiger partial charge in [0.25, 0.3) is 0 Å². The number of hydrogen-bond acceptors (Lipinski definition) is 6. The largest absolute Gasteiger partial charge is 0.392 e. The van der Waals surface area contributed by atoms with Crippen LogP contribution in [0.5, 0.6) is 0 Å². The van der Waals surface area contributed by atoms with Gasteiger partial charge in [-0.05, 0) is 69.9 Å². The summed E-state index contributed by atoms with van der Waals surface area (Å²) >= 11 is 0. The van der Waals surface area contributed by atoms with Crippen LogP contribution >= 0.6 is 0 Å². The highest BCUT2D eigenvalue weighted by molar-refractivity contribution is 6.73. The van der Waals surface area contributed by atoms with Gasteiger partial charge in [0.1, 0.15) is 0 Å². The minimum absolute atomic E-state index is 0.395. The summed E-state index contributed by atoms with van der Waals surface area (Å²) in [4.78, 5) is 0. The number of aliphatic hydroxyl groups excluding tert-OH is 1. The van der Waals surface area contributed by atoms with Crippen LogP contribution in [0.3, 0.4) is 0 Å². The molecule has 0 aromatic heterocycles. The smallest absolute Gasteiger partial charge is 0.195 e. The van der Waals surface area contributed by atoms with Crippen molar-refractivity contribution in [3.8, 4) is 0 Å². The van der Waals surface area contributed by atoms with Crippen molar-refractivity contribution < 1.29 is 14.3 Å². The monoisotopic (exact) mass is 335 g/mol. The maximum atomic E-state index is 9.97. The molecular weight excluding hydrogens is 298 g/mol. The standard InChI is InChI=1S/C15H37N3O3Si/c1-13(2)22(3,12-6-11-18)21-15(8-5-10-17)20-14(19)7-4-9-16/h13-15,19H,4-12,16-18H2,1-3H3. The van der Waals surface area contributed by atoms with E-state index in [4.69, 9.17) is 26.4 Å². The summed E-state index contributed by atoms with van der Waals surface area (Å²) in [5.41, 5.74) is 17.2. The molecule has 0 aromatic carbocycles. The summed E-state index contributed by atoms with van der Waals surface area (Å²) in [5.74, 6) is 0. The zero-order valence-electron chi connectivity index (χ0n) is 14.6. The molecule has 0 spiro atoms. The first-order valence-electron chi connectivity index (χ1n) is 8.51. The molecule has 7 heteroatoms. The number of rotatable bonds is 14. The van der Waals surface area contributed by atoms with Crippen molar-refractivity contribution in [1.29, 1.82) is 0 Å². The molecule has 0 amide bonds. The highest BCUT2D eigenvalue weighted by Gasteiger charge is 2.36. The van der Waals surface area contributed by atoms with Crippen molar-refractivity contribution in [2.24, 2.45) is 17.2 Å². The molecule has 6 nitrogen and oxygen atoms in total. The van der Waals surface area contributed by atoms with E-state index in [9.17, 15) is 5.11 Å². The third-order valence-electron chi connectivity index (χ3n) is 4.11. The van der Waals surface area contributed by atoms with Gasteiger partial charge in [-0.15, -0.1) is 0 Å². The SMILES string of the molecule is CC(C)[Si](C)(CCCN)OC(CCCN)OC(O)CCCN. The fourth-order valence-electron chi connectivity index (χ4n) is 2.21. The second-order valence-electron chi connectivity index (χ2n) is 6.36. The number of ether oxygens (including phenoxy) is 1. The molecule has 0 saturated carbocycles. The van der Waals surface area contributed by atoms with Crippen LogP contribution in [0.15, 0.2) is 0 Å². The van der Waals surface area contributed by atoms with Gasteiger partial charge >= 0.3 is 0 Å². The Kier molecular flexibility index (Phi) is 12.4. The maximum Gasteiger partial charge on any atom is 0.195 e. The third-order valence-corrected chi connectivity index (χ3v) is 8.70. The van der Waals surface area contributed by atoms with Gasteiger partial charge in [0.2, 0.25) is 0 Å². The van der Waals surface area contributed by atoms with E-state index < -0.39 is 20.9 Å². The molecule has 134 valence electrons. The lowest BCUT2D eigenvalue weighted by molar-refractivity contribution is -0.205. The van der Waals surface area contributed by atoms with Gasteiger partial charge in [-0.1, -0.05) is 13.8 Å². The van der Waals surface area contributed by atoms with Crippen LogP contribution < -0.4 is 17.2 Å². The maximum absolute atomic E-state index is 9.97. The van der Waals surface area contributed by atoms with Gasteiger partial charge < -0.3 is 31.5 Å².